The molecule has 0 radical (unpaired) electrons. The summed E-state index contributed by atoms with van der Waals surface area (Å²) in [5.41, 5.74) is -0.175. The van der Waals surface area contributed by atoms with Gasteiger partial charge in [0, 0.05) is 5.56 Å². The molecule has 1 aromatic heterocycles. The predicted octanol–water partition coefficient (Wildman–Crippen LogP) is 3.74. The van der Waals surface area contributed by atoms with Crippen molar-refractivity contribution in [2.24, 2.45) is 0 Å². The van der Waals surface area contributed by atoms with Gasteiger partial charge in [0.2, 0.25) is 0 Å². The van der Waals surface area contributed by atoms with E-state index in [4.69, 9.17) is 13.7 Å². The van der Waals surface area contributed by atoms with Crippen molar-refractivity contribution in [2.75, 3.05) is 0 Å². The van der Waals surface area contributed by atoms with Crippen molar-refractivity contribution in [3.63, 3.8) is 0 Å². The van der Waals surface area contributed by atoms with E-state index in [0.717, 1.165) is 0 Å². The summed E-state index contributed by atoms with van der Waals surface area (Å²) in [5, 5.41) is 6.46. The lowest BCUT2D eigenvalue weighted by molar-refractivity contribution is 1.10. The number of nitrogens with one attached hydrogen (secondary N) is 1. The Labute approximate surface area is 114 Å². The third kappa shape index (κ3) is 1.97. The van der Waals surface area contributed by atoms with Crippen LogP contribution in [0.3, 0.4) is 0 Å². The number of hydrogen-bond donors (Lipinski definition) is 1. The van der Waals surface area contributed by atoms with Crippen molar-refractivity contribution >= 4 is 0 Å². The summed E-state index contributed by atoms with van der Waals surface area (Å²) in [4.78, 5) is 0. The van der Waals surface area contributed by atoms with E-state index in [9.17, 15) is 0 Å². The van der Waals surface area contributed by atoms with Gasteiger partial charge in [-0.1, -0.05) is 60.4 Å². The first-order chi connectivity index (χ1) is 12.6. The molecule has 0 unspecified atom stereocenters. The molecule has 2 nitrogen and oxygen atoms in total. The summed E-state index contributed by atoms with van der Waals surface area (Å²) >= 11 is 0. The molecule has 1 heterocycles. The van der Waals surface area contributed by atoms with Gasteiger partial charge in [0.25, 0.3) is 0 Å². The van der Waals surface area contributed by atoms with Gasteiger partial charge in [-0.15, -0.1) is 0 Å². The standard InChI is InChI=1S/C15H12N2/c1-3-7-12(8-4-1)14-11-15(17-16-14)13-9-5-2-6-10-13/h1-11H,(H,16,17)/i1D,2D,3D,4D,5D,6D,7D,8D,9D,10D. The van der Waals surface area contributed by atoms with Crippen LogP contribution >= 0.6 is 0 Å². The van der Waals surface area contributed by atoms with Crippen LogP contribution in [0.1, 0.15) is 13.7 Å². The molecule has 3 aromatic rings. The molecule has 0 saturated heterocycles. The summed E-state index contributed by atoms with van der Waals surface area (Å²) in [5.74, 6) is 0. The SMILES string of the molecule is [2H]c1c([2H])c([2H])c(-c2cc(-c3c([2H])c([2H])c([2H])c([2H])c3[2H])[nH]n2)c([2H])c1[2H]. The van der Waals surface area contributed by atoms with Gasteiger partial charge < -0.3 is 0 Å². The fraction of sp³-hybridized carbons (Fsp3) is 0. The van der Waals surface area contributed by atoms with E-state index in [-0.39, 0.29) is 22.5 Å². The summed E-state index contributed by atoms with van der Waals surface area (Å²) < 4.78 is 78.1. The number of nitrogens with zero attached hydrogens (tertiary/aromatic N) is 1. The second-order valence-electron chi connectivity index (χ2n) is 3.17. The van der Waals surface area contributed by atoms with Crippen molar-refractivity contribution in [2.45, 2.75) is 0 Å². The van der Waals surface area contributed by atoms with E-state index in [2.05, 4.69) is 10.2 Å². The Morgan fingerprint density at radius 1 is 0.824 bits per heavy atom. The smallest absolute Gasteiger partial charge is 0.0927 e. The number of H-pyrrole nitrogens is 1. The number of aromatic nitrogens is 2. The van der Waals surface area contributed by atoms with Crippen molar-refractivity contribution in [3.05, 3.63) is 66.5 Å². The van der Waals surface area contributed by atoms with Crippen LogP contribution in [0.25, 0.3) is 22.5 Å². The third-order valence-electron chi connectivity index (χ3n) is 2.10. The van der Waals surface area contributed by atoms with E-state index in [1.54, 1.807) is 0 Å². The molecular formula is C15H12N2. The molecule has 0 aliphatic rings. The number of aromatic amines is 1. The van der Waals surface area contributed by atoms with Crippen LogP contribution in [-0.4, -0.2) is 10.2 Å². The van der Waals surface area contributed by atoms with Gasteiger partial charge in [0.15, 0.2) is 0 Å². The van der Waals surface area contributed by atoms with Crippen LogP contribution in [0.2, 0.25) is 0 Å². The maximum atomic E-state index is 7.99. The summed E-state index contributed by atoms with van der Waals surface area (Å²) in [6.45, 7) is 0. The minimum atomic E-state index is -0.532. The van der Waals surface area contributed by atoms with E-state index >= 15 is 0 Å². The minimum Gasteiger partial charge on any atom is -0.277 e. The van der Waals surface area contributed by atoms with Crippen LogP contribution in [0, 0.1) is 0 Å². The lowest BCUT2D eigenvalue weighted by Crippen LogP contribution is -1.76. The molecule has 2 aromatic carbocycles. The van der Waals surface area contributed by atoms with Crippen molar-refractivity contribution in [1.82, 2.24) is 10.2 Å². The molecule has 0 fully saturated rings. The average Bonchev–Trinajstić information content (AvgIpc) is 3.11. The van der Waals surface area contributed by atoms with E-state index < -0.39 is 60.4 Å². The molecule has 2 heteroatoms. The topological polar surface area (TPSA) is 28.7 Å². The second-order valence-corrected chi connectivity index (χ2v) is 3.17. The maximum absolute atomic E-state index is 7.99. The fourth-order valence-electron chi connectivity index (χ4n) is 1.34. The first kappa shape index (κ1) is 3.84. The van der Waals surface area contributed by atoms with Crippen molar-refractivity contribution in [1.29, 1.82) is 0 Å². The van der Waals surface area contributed by atoms with Gasteiger partial charge in [0.1, 0.15) is 0 Å². The summed E-state index contributed by atoms with van der Waals surface area (Å²) in [6, 6.07) is -3.57. The fourth-order valence-corrected chi connectivity index (χ4v) is 1.34. The molecule has 0 amide bonds. The highest BCUT2D eigenvalue weighted by Crippen LogP contribution is 2.22. The normalized spacial score (nSPS) is 18.6. The van der Waals surface area contributed by atoms with Crippen molar-refractivity contribution in [3.8, 4) is 22.5 Å². The van der Waals surface area contributed by atoms with Crippen molar-refractivity contribution < 1.29 is 13.7 Å². The van der Waals surface area contributed by atoms with Crippen LogP contribution in [0.4, 0.5) is 0 Å². The first-order valence-electron chi connectivity index (χ1n) is 9.77. The minimum absolute atomic E-state index is 0.00816. The zero-order chi connectivity index (χ0) is 20.2. The number of hydrogen-bond acceptors (Lipinski definition) is 1. The molecule has 17 heavy (non-hydrogen) atoms. The maximum Gasteiger partial charge on any atom is 0.0927 e. The van der Waals surface area contributed by atoms with Crippen LogP contribution in [0.15, 0.2) is 66.5 Å². The van der Waals surface area contributed by atoms with Gasteiger partial charge >= 0.3 is 0 Å². The first-order valence-corrected chi connectivity index (χ1v) is 4.77. The third-order valence-corrected chi connectivity index (χ3v) is 2.10. The van der Waals surface area contributed by atoms with Crippen LogP contribution in [0.5, 0.6) is 0 Å². The molecule has 0 bridgehead atoms. The number of benzene rings is 2. The van der Waals surface area contributed by atoms with Gasteiger partial charge in [0.05, 0.1) is 25.1 Å². The van der Waals surface area contributed by atoms with E-state index in [1.807, 2.05) is 0 Å². The Morgan fingerprint density at radius 2 is 1.41 bits per heavy atom. The van der Waals surface area contributed by atoms with Gasteiger partial charge in [-0.05, 0) is 11.6 Å². The Kier molecular flexibility index (Phi) is 0.963. The molecule has 0 aliphatic heterocycles. The molecule has 3 rings (SSSR count). The quantitative estimate of drug-likeness (QED) is 0.713. The lowest BCUT2D eigenvalue weighted by atomic mass is 10.1. The van der Waals surface area contributed by atoms with E-state index in [0.29, 0.717) is 0 Å². The Hall–Kier alpha value is -2.35. The summed E-state index contributed by atoms with van der Waals surface area (Å²) in [6.07, 6.45) is 0. The molecule has 0 aliphatic carbocycles. The zero-order valence-electron chi connectivity index (χ0n) is 18.5. The highest BCUT2D eigenvalue weighted by atomic mass is 15.1. The Bertz CT molecular complexity index is 947. The molecule has 0 saturated carbocycles. The average molecular weight is 230 g/mol. The highest BCUT2D eigenvalue weighted by Gasteiger charge is 2.04. The monoisotopic (exact) mass is 230 g/mol. The van der Waals surface area contributed by atoms with Crippen LogP contribution in [-0.2, 0) is 0 Å². The molecular weight excluding hydrogens is 208 g/mol. The molecule has 0 spiro atoms. The summed E-state index contributed by atoms with van der Waals surface area (Å²) in [7, 11) is 0. The van der Waals surface area contributed by atoms with Gasteiger partial charge in [-0.2, -0.15) is 5.10 Å². The van der Waals surface area contributed by atoms with Crippen LogP contribution < -0.4 is 0 Å². The zero-order valence-corrected chi connectivity index (χ0v) is 8.52. The Balaban J connectivity index is 2.25. The van der Waals surface area contributed by atoms with Gasteiger partial charge in [-0.3, -0.25) is 5.10 Å². The molecule has 82 valence electrons. The van der Waals surface area contributed by atoms with E-state index in [1.165, 1.54) is 6.07 Å². The molecule has 1 N–H and O–H groups in total. The second kappa shape index (κ2) is 4.26. The highest BCUT2D eigenvalue weighted by molar-refractivity contribution is 5.67. The number of rotatable bonds is 2. The molecule has 0 atom stereocenters. The van der Waals surface area contributed by atoms with Gasteiger partial charge in [-0.25, -0.2) is 0 Å². The lowest BCUT2D eigenvalue weighted by Gasteiger charge is -1.94. The largest absolute Gasteiger partial charge is 0.277 e. The predicted molar refractivity (Wildman–Crippen MR) is 69.5 cm³/mol. The Morgan fingerprint density at radius 3 is 2.06 bits per heavy atom.